The van der Waals surface area contributed by atoms with E-state index in [1.54, 1.807) is 6.21 Å². The molecule has 0 heterocycles. The highest BCUT2D eigenvalue weighted by Gasteiger charge is 2.16. The number of rotatable bonds is 6. The average molecular weight is 402 g/mol. The minimum absolute atomic E-state index is 0.0546. The molecule has 0 bridgehead atoms. The van der Waals surface area contributed by atoms with Gasteiger partial charge in [-0.15, -0.1) is 0 Å². The third kappa shape index (κ3) is 4.85. The number of hydrogen-bond acceptors (Lipinski definition) is 3. The molecule has 0 aromatic heterocycles. The van der Waals surface area contributed by atoms with Crippen LogP contribution in [-0.2, 0) is 9.59 Å². The van der Waals surface area contributed by atoms with E-state index in [0.717, 1.165) is 39.9 Å². The number of hydrogen-bond donors (Lipinski definition) is 2. The number of amides is 2. The van der Waals surface area contributed by atoms with Crippen molar-refractivity contribution < 1.29 is 9.59 Å². The van der Waals surface area contributed by atoms with Crippen molar-refractivity contribution in [2.45, 2.75) is 51.0 Å². The normalized spacial score (nSPS) is 14.9. The fourth-order valence-corrected chi connectivity index (χ4v) is 4.19. The maximum atomic E-state index is 12.2. The summed E-state index contributed by atoms with van der Waals surface area (Å²) in [5.74, 6) is -0.310. The van der Waals surface area contributed by atoms with E-state index in [0.29, 0.717) is 0 Å². The van der Waals surface area contributed by atoms with Crippen molar-refractivity contribution in [3.63, 3.8) is 0 Å². The van der Waals surface area contributed by atoms with Crippen LogP contribution >= 0.6 is 0 Å². The van der Waals surface area contributed by atoms with Crippen LogP contribution in [0.1, 0.15) is 50.5 Å². The van der Waals surface area contributed by atoms with Gasteiger partial charge in [0.2, 0.25) is 11.8 Å². The smallest absolute Gasteiger partial charge is 0.240 e. The number of carbonyl (C=O) groups is 2. The molecule has 0 spiro atoms. The number of fused-ring (bicyclic) bond motifs is 2. The van der Waals surface area contributed by atoms with Gasteiger partial charge in [-0.05, 0) is 40.5 Å². The second-order valence-corrected chi connectivity index (χ2v) is 7.93. The fraction of sp³-hybridized carbons (Fsp3) is 0.320. The van der Waals surface area contributed by atoms with Crippen molar-refractivity contribution in [3.8, 4) is 0 Å². The van der Waals surface area contributed by atoms with E-state index < -0.39 is 0 Å². The van der Waals surface area contributed by atoms with Gasteiger partial charge in [-0.1, -0.05) is 67.8 Å². The minimum atomic E-state index is -0.255. The molecule has 0 aliphatic heterocycles. The molecule has 30 heavy (non-hydrogen) atoms. The van der Waals surface area contributed by atoms with Crippen molar-refractivity contribution in [2.75, 3.05) is 0 Å². The van der Waals surface area contributed by atoms with Crippen molar-refractivity contribution in [2.24, 2.45) is 5.10 Å². The summed E-state index contributed by atoms with van der Waals surface area (Å²) in [4.78, 5) is 24.2. The van der Waals surface area contributed by atoms with Gasteiger partial charge in [-0.25, -0.2) is 5.43 Å². The van der Waals surface area contributed by atoms with Crippen LogP contribution in [0.25, 0.3) is 21.5 Å². The summed E-state index contributed by atoms with van der Waals surface area (Å²) < 4.78 is 0. The van der Waals surface area contributed by atoms with E-state index in [1.165, 1.54) is 19.3 Å². The molecule has 0 atom stereocenters. The number of nitrogens with zero attached hydrogens (tertiary/aromatic N) is 1. The van der Waals surface area contributed by atoms with E-state index in [4.69, 9.17) is 0 Å². The summed E-state index contributed by atoms with van der Waals surface area (Å²) in [5, 5.41) is 11.6. The Balaban J connectivity index is 1.38. The number of hydrazone groups is 1. The highest BCUT2D eigenvalue weighted by Crippen LogP contribution is 2.27. The molecule has 3 aromatic rings. The molecule has 5 heteroatoms. The van der Waals surface area contributed by atoms with E-state index >= 15 is 0 Å². The van der Waals surface area contributed by atoms with Crippen LogP contribution < -0.4 is 10.7 Å². The summed E-state index contributed by atoms with van der Waals surface area (Å²) in [7, 11) is 0. The summed E-state index contributed by atoms with van der Waals surface area (Å²) >= 11 is 0. The Morgan fingerprint density at radius 2 is 1.47 bits per heavy atom. The molecule has 0 unspecified atom stereocenters. The maximum Gasteiger partial charge on any atom is 0.240 e. The molecule has 5 nitrogen and oxygen atoms in total. The lowest BCUT2D eigenvalue weighted by molar-refractivity contribution is -0.126. The predicted octanol–water partition coefficient (Wildman–Crippen LogP) is 4.67. The number of nitrogens with one attached hydrogen (secondary N) is 2. The zero-order valence-electron chi connectivity index (χ0n) is 17.1. The van der Waals surface area contributed by atoms with E-state index in [9.17, 15) is 9.59 Å². The highest BCUT2D eigenvalue weighted by molar-refractivity contribution is 6.13. The van der Waals surface area contributed by atoms with Crippen molar-refractivity contribution in [1.29, 1.82) is 0 Å². The third-order valence-electron chi connectivity index (χ3n) is 5.75. The monoisotopic (exact) mass is 401 g/mol. The lowest BCUT2D eigenvalue weighted by Gasteiger charge is -2.22. The lowest BCUT2D eigenvalue weighted by atomic mass is 9.95. The summed E-state index contributed by atoms with van der Waals surface area (Å²) in [6.45, 7) is 0. The van der Waals surface area contributed by atoms with Crippen molar-refractivity contribution in [1.82, 2.24) is 10.7 Å². The molecule has 0 radical (unpaired) electrons. The zero-order chi connectivity index (χ0) is 20.8. The van der Waals surface area contributed by atoms with Gasteiger partial charge >= 0.3 is 0 Å². The first-order chi connectivity index (χ1) is 14.7. The first-order valence-electron chi connectivity index (χ1n) is 10.7. The Bertz CT molecular complexity index is 1030. The predicted molar refractivity (Wildman–Crippen MR) is 121 cm³/mol. The number of carbonyl (C=O) groups excluding carboxylic acids is 2. The van der Waals surface area contributed by atoms with Gasteiger partial charge in [0, 0.05) is 24.4 Å². The topological polar surface area (TPSA) is 70.6 Å². The Kier molecular flexibility index (Phi) is 6.38. The highest BCUT2D eigenvalue weighted by atomic mass is 16.2. The third-order valence-corrected chi connectivity index (χ3v) is 5.75. The van der Waals surface area contributed by atoms with E-state index in [-0.39, 0.29) is 30.7 Å². The quantitative estimate of drug-likeness (QED) is 0.358. The molecule has 1 aliphatic rings. The molecule has 1 aliphatic carbocycles. The van der Waals surface area contributed by atoms with Gasteiger partial charge in [-0.3, -0.25) is 9.59 Å². The Labute approximate surface area is 176 Å². The maximum absolute atomic E-state index is 12.2. The van der Waals surface area contributed by atoms with Crippen LogP contribution in [0.3, 0.4) is 0 Å². The van der Waals surface area contributed by atoms with Gasteiger partial charge < -0.3 is 5.32 Å². The van der Waals surface area contributed by atoms with Gasteiger partial charge in [0.25, 0.3) is 0 Å². The molecule has 1 saturated carbocycles. The van der Waals surface area contributed by atoms with Crippen LogP contribution in [0, 0.1) is 0 Å². The van der Waals surface area contributed by atoms with Gasteiger partial charge in [0.1, 0.15) is 0 Å². The van der Waals surface area contributed by atoms with Crippen LogP contribution in [-0.4, -0.2) is 24.1 Å². The minimum Gasteiger partial charge on any atom is -0.353 e. The van der Waals surface area contributed by atoms with E-state index in [1.807, 2.05) is 24.3 Å². The molecular formula is C25H27N3O2. The largest absolute Gasteiger partial charge is 0.353 e. The second kappa shape index (κ2) is 9.53. The summed E-state index contributed by atoms with van der Waals surface area (Å²) in [6, 6.07) is 18.7. The van der Waals surface area contributed by atoms with Crippen LogP contribution in [0.5, 0.6) is 0 Å². The van der Waals surface area contributed by atoms with Crippen LogP contribution in [0.2, 0.25) is 0 Å². The van der Waals surface area contributed by atoms with Gasteiger partial charge in [-0.2, -0.15) is 5.10 Å². The van der Waals surface area contributed by atoms with Crippen LogP contribution in [0.15, 0.2) is 59.7 Å². The SMILES string of the molecule is O=C(CCC(=O)NC1CCCCC1)NN=Cc1c2ccccc2cc2ccccc12. The molecule has 1 fully saturated rings. The molecule has 2 amide bonds. The molecule has 4 rings (SSSR count). The lowest BCUT2D eigenvalue weighted by Crippen LogP contribution is -2.36. The van der Waals surface area contributed by atoms with Crippen molar-refractivity contribution >= 4 is 39.6 Å². The fourth-order valence-electron chi connectivity index (χ4n) is 4.19. The molecule has 2 N–H and O–H groups in total. The molecule has 3 aromatic carbocycles. The standard InChI is InChI=1S/C25H27N3O2/c29-24(27-20-10-2-1-3-11-20)14-15-25(30)28-26-17-23-21-12-6-4-8-18(21)16-19-9-5-7-13-22(19)23/h4-9,12-13,16-17,20H,1-3,10-11,14-15H2,(H,27,29)(H,28,30). The Morgan fingerprint density at radius 1 is 0.867 bits per heavy atom. The molecular weight excluding hydrogens is 374 g/mol. The zero-order valence-corrected chi connectivity index (χ0v) is 17.1. The Hall–Kier alpha value is -3.21. The first kappa shape index (κ1) is 20.1. The second-order valence-electron chi connectivity index (χ2n) is 7.93. The van der Waals surface area contributed by atoms with Crippen LogP contribution in [0.4, 0.5) is 0 Å². The first-order valence-corrected chi connectivity index (χ1v) is 10.7. The molecule has 0 saturated heterocycles. The Morgan fingerprint density at radius 3 is 2.13 bits per heavy atom. The number of benzene rings is 3. The molecule has 154 valence electrons. The average Bonchev–Trinajstić information content (AvgIpc) is 2.78. The summed E-state index contributed by atoms with van der Waals surface area (Å²) in [5.41, 5.74) is 3.54. The van der Waals surface area contributed by atoms with Crippen molar-refractivity contribution in [3.05, 3.63) is 60.2 Å². The van der Waals surface area contributed by atoms with Gasteiger partial charge in [0.15, 0.2) is 0 Å². The van der Waals surface area contributed by atoms with E-state index in [2.05, 4.69) is 46.2 Å². The van der Waals surface area contributed by atoms with Gasteiger partial charge in [0.05, 0.1) is 6.21 Å². The summed E-state index contributed by atoms with van der Waals surface area (Å²) in [6.07, 6.45) is 7.69.